The number of likely N-dealkylation sites (tertiary alicyclic amines) is 1. The molecule has 0 radical (unpaired) electrons. The molecule has 0 amide bonds. The molecule has 0 saturated carbocycles. The van der Waals surface area contributed by atoms with Crippen molar-refractivity contribution in [3.8, 4) is 0 Å². The van der Waals surface area contributed by atoms with Crippen LogP contribution in [0.5, 0.6) is 0 Å². The molecule has 4 rings (SSSR count). The molecule has 0 aromatic heterocycles. The molecule has 1 heterocycles. The lowest BCUT2D eigenvalue weighted by Gasteiger charge is -2.27. The average molecular weight is 340 g/mol. The van der Waals surface area contributed by atoms with Gasteiger partial charge in [0.25, 0.3) is 0 Å². The topological polar surface area (TPSA) is 3.24 Å². The number of nitrogens with zero attached hydrogens (tertiary/aromatic N) is 1. The minimum Gasteiger partial charge on any atom is -0.306 e. The number of halogens is 1. The van der Waals surface area contributed by atoms with Gasteiger partial charge in [0.1, 0.15) is 0 Å². The quantitative estimate of drug-likeness (QED) is 0.503. The van der Waals surface area contributed by atoms with Crippen LogP contribution in [0, 0.1) is 0 Å². The molecule has 1 aliphatic carbocycles. The Morgan fingerprint density at radius 1 is 0.750 bits per heavy atom. The SMILES string of the molecule is C.CN1CCC(=C2c3ccccc3C=Cc3ccccc32)CC1.Cl. The van der Waals surface area contributed by atoms with Crippen molar-refractivity contribution < 1.29 is 0 Å². The minimum absolute atomic E-state index is 0. The summed E-state index contributed by atoms with van der Waals surface area (Å²) in [7, 11) is 2.22. The Balaban J connectivity index is 0.00000104. The molecular weight excluding hydrogens is 314 g/mol. The summed E-state index contributed by atoms with van der Waals surface area (Å²) in [5, 5.41) is 0. The maximum absolute atomic E-state index is 2.43. The van der Waals surface area contributed by atoms with Crippen LogP contribution >= 0.6 is 12.4 Å². The van der Waals surface area contributed by atoms with Crippen LogP contribution in [-0.4, -0.2) is 25.0 Å². The van der Waals surface area contributed by atoms with Gasteiger partial charge in [0.15, 0.2) is 0 Å². The van der Waals surface area contributed by atoms with Gasteiger partial charge in [-0.05, 0) is 47.7 Å². The zero-order valence-corrected chi connectivity index (χ0v) is 14.3. The van der Waals surface area contributed by atoms with E-state index in [0.29, 0.717) is 0 Å². The van der Waals surface area contributed by atoms with Crippen LogP contribution in [0.15, 0.2) is 54.1 Å². The largest absolute Gasteiger partial charge is 0.306 e. The number of hydrogen-bond acceptors (Lipinski definition) is 1. The van der Waals surface area contributed by atoms with Crippen molar-refractivity contribution in [1.29, 1.82) is 0 Å². The molecular formula is C22H26ClN. The van der Waals surface area contributed by atoms with Crippen LogP contribution in [0.4, 0.5) is 0 Å². The first kappa shape index (κ1) is 18.5. The summed E-state index contributed by atoms with van der Waals surface area (Å²) >= 11 is 0. The van der Waals surface area contributed by atoms with Crippen molar-refractivity contribution in [2.75, 3.05) is 20.1 Å². The summed E-state index contributed by atoms with van der Waals surface area (Å²) in [6.07, 6.45) is 6.87. The molecule has 1 nitrogen and oxygen atoms in total. The fourth-order valence-electron chi connectivity index (χ4n) is 3.58. The molecule has 24 heavy (non-hydrogen) atoms. The molecule has 126 valence electrons. The van der Waals surface area contributed by atoms with E-state index in [1.54, 1.807) is 5.57 Å². The highest BCUT2D eigenvalue weighted by molar-refractivity contribution is 5.94. The van der Waals surface area contributed by atoms with E-state index in [1.165, 1.54) is 40.7 Å². The smallest absolute Gasteiger partial charge is 0.00160 e. The number of benzene rings is 2. The van der Waals surface area contributed by atoms with Gasteiger partial charge >= 0.3 is 0 Å². The average Bonchev–Trinajstić information content (AvgIpc) is 2.73. The van der Waals surface area contributed by atoms with Crippen molar-refractivity contribution in [2.24, 2.45) is 0 Å². The molecule has 0 atom stereocenters. The van der Waals surface area contributed by atoms with E-state index in [1.807, 2.05) is 0 Å². The Labute approximate surface area is 152 Å². The molecule has 2 aromatic carbocycles. The van der Waals surface area contributed by atoms with E-state index in [4.69, 9.17) is 0 Å². The van der Waals surface area contributed by atoms with Gasteiger partial charge in [-0.2, -0.15) is 0 Å². The van der Waals surface area contributed by atoms with Crippen LogP contribution in [0.3, 0.4) is 0 Å². The lowest BCUT2D eigenvalue weighted by atomic mass is 9.86. The lowest BCUT2D eigenvalue weighted by molar-refractivity contribution is 0.313. The molecule has 2 heteroatoms. The summed E-state index contributed by atoms with van der Waals surface area (Å²) < 4.78 is 0. The van der Waals surface area contributed by atoms with Gasteiger partial charge in [-0.15, -0.1) is 12.4 Å². The van der Waals surface area contributed by atoms with Crippen LogP contribution in [0.1, 0.15) is 42.5 Å². The van der Waals surface area contributed by atoms with Gasteiger partial charge in [0.05, 0.1) is 0 Å². The van der Waals surface area contributed by atoms with Gasteiger partial charge in [0.2, 0.25) is 0 Å². The number of piperidine rings is 1. The van der Waals surface area contributed by atoms with Crippen molar-refractivity contribution in [3.63, 3.8) is 0 Å². The normalized spacial score (nSPS) is 16.4. The second-order valence-electron chi connectivity index (χ2n) is 6.29. The Morgan fingerprint density at radius 2 is 1.21 bits per heavy atom. The van der Waals surface area contributed by atoms with E-state index >= 15 is 0 Å². The Kier molecular flexibility index (Phi) is 6.04. The number of rotatable bonds is 0. The molecule has 0 unspecified atom stereocenters. The third kappa shape index (κ3) is 3.33. The first-order valence-electron chi connectivity index (χ1n) is 8.10. The molecule has 0 bridgehead atoms. The maximum atomic E-state index is 2.43. The van der Waals surface area contributed by atoms with Crippen LogP contribution in [0.2, 0.25) is 0 Å². The monoisotopic (exact) mass is 339 g/mol. The van der Waals surface area contributed by atoms with E-state index < -0.39 is 0 Å². The van der Waals surface area contributed by atoms with Crippen LogP contribution in [0.25, 0.3) is 17.7 Å². The van der Waals surface area contributed by atoms with Gasteiger partial charge in [-0.25, -0.2) is 0 Å². The van der Waals surface area contributed by atoms with E-state index in [9.17, 15) is 0 Å². The van der Waals surface area contributed by atoms with Crippen molar-refractivity contribution in [1.82, 2.24) is 4.90 Å². The predicted molar refractivity (Wildman–Crippen MR) is 109 cm³/mol. The highest BCUT2D eigenvalue weighted by Gasteiger charge is 2.20. The third-order valence-corrected chi connectivity index (χ3v) is 4.85. The summed E-state index contributed by atoms with van der Waals surface area (Å²) in [4.78, 5) is 2.43. The lowest BCUT2D eigenvalue weighted by Crippen LogP contribution is -2.27. The van der Waals surface area contributed by atoms with Crippen molar-refractivity contribution in [2.45, 2.75) is 20.3 Å². The second kappa shape index (κ2) is 7.83. The van der Waals surface area contributed by atoms with Gasteiger partial charge in [-0.3, -0.25) is 0 Å². The summed E-state index contributed by atoms with van der Waals surface area (Å²) in [5.74, 6) is 0. The van der Waals surface area contributed by atoms with Gasteiger partial charge in [-0.1, -0.05) is 73.7 Å². The molecule has 0 N–H and O–H groups in total. The Bertz CT molecular complexity index is 712. The van der Waals surface area contributed by atoms with Crippen LogP contribution < -0.4 is 0 Å². The standard InChI is InChI=1S/C21H21N.CH4.ClH/c1-22-14-12-18(13-15-22)21-19-8-4-2-6-16(19)10-11-17-7-3-5-9-20(17)21;;/h2-11H,12-15H2,1H3;1H4;1H. The maximum Gasteiger partial charge on any atom is 0.00160 e. The number of hydrogen-bond donors (Lipinski definition) is 0. The van der Waals surface area contributed by atoms with Gasteiger partial charge in [0, 0.05) is 13.1 Å². The molecule has 2 aromatic rings. The Hall–Kier alpha value is -1.83. The minimum atomic E-state index is 0. The molecule has 1 aliphatic heterocycles. The second-order valence-corrected chi connectivity index (χ2v) is 6.29. The van der Waals surface area contributed by atoms with E-state index in [-0.39, 0.29) is 19.8 Å². The number of fused-ring (bicyclic) bond motifs is 2. The highest BCUT2D eigenvalue weighted by Crippen LogP contribution is 2.38. The zero-order valence-electron chi connectivity index (χ0n) is 13.5. The zero-order chi connectivity index (χ0) is 14.9. The fourth-order valence-corrected chi connectivity index (χ4v) is 3.58. The summed E-state index contributed by atoms with van der Waals surface area (Å²) in [6.45, 7) is 2.33. The Morgan fingerprint density at radius 3 is 1.71 bits per heavy atom. The summed E-state index contributed by atoms with van der Waals surface area (Å²) in [6, 6.07) is 17.6. The predicted octanol–water partition coefficient (Wildman–Crippen LogP) is 5.76. The van der Waals surface area contributed by atoms with E-state index in [0.717, 1.165) is 13.1 Å². The molecule has 0 spiro atoms. The molecule has 1 saturated heterocycles. The first-order valence-corrected chi connectivity index (χ1v) is 8.10. The fraction of sp³-hybridized carbons (Fsp3) is 0.273. The molecule has 2 aliphatic rings. The van der Waals surface area contributed by atoms with Crippen molar-refractivity contribution >= 4 is 30.1 Å². The van der Waals surface area contributed by atoms with Gasteiger partial charge < -0.3 is 4.90 Å². The highest BCUT2D eigenvalue weighted by atomic mass is 35.5. The van der Waals surface area contributed by atoms with Crippen LogP contribution in [-0.2, 0) is 0 Å². The van der Waals surface area contributed by atoms with Crippen molar-refractivity contribution in [3.05, 3.63) is 76.4 Å². The van der Waals surface area contributed by atoms with E-state index in [2.05, 4.69) is 72.6 Å². The first-order chi connectivity index (χ1) is 10.8. The molecule has 1 fully saturated rings. The summed E-state index contributed by atoms with van der Waals surface area (Å²) in [5.41, 5.74) is 8.54. The third-order valence-electron chi connectivity index (χ3n) is 4.85.